The number of esters is 1. The molecule has 3 heteroatoms. The second-order valence-corrected chi connectivity index (χ2v) is 6.58. The van der Waals surface area contributed by atoms with Gasteiger partial charge in [-0.15, -0.1) is 0 Å². The lowest BCUT2D eigenvalue weighted by Gasteiger charge is -2.36. The summed E-state index contributed by atoms with van der Waals surface area (Å²) in [5.41, 5.74) is 1.92. The summed E-state index contributed by atoms with van der Waals surface area (Å²) in [6.07, 6.45) is 4.38. The molecule has 0 N–H and O–H groups in total. The fourth-order valence-electron chi connectivity index (χ4n) is 3.06. The molecule has 0 amide bonds. The van der Waals surface area contributed by atoms with Crippen molar-refractivity contribution < 1.29 is 9.53 Å². The maximum atomic E-state index is 11.8. The predicted molar refractivity (Wildman–Crippen MR) is 103 cm³/mol. The van der Waals surface area contributed by atoms with E-state index in [2.05, 4.69) is 50.2 Å². The van der Waals surface area contributed by atoms with Gasteiger partial charge >= 0.3 is 5.97 Å². The monoisotopic (exact) mass is 337 g/mol. The Bertz CT molecular complexity index is 653. The second kappa shape index (κ2) is 8.63. The number of ether oxygens (including phenoxy) is 1. The van der Waals surface area contributed by atoms with Crippen molar-refractivity contribution >= 4 is 5.97 Å². The highest BCUT2D eigenvalue weighted by Crippen LogP contribution is 2.39. The van der Waals surface area contributed by atoms with Crippen LogP contribution >= 0.6 is 0 Å². The van der Waals surface area contributed by atoms with Crippen molar-refractivity contribution in [3.05, 3.63) is 83.9 Å². The fourth-order valence-corrected chi connectivity index (χ4v) is 3.06. The first-order valence-corrected chi connectivity index (χ1v) is 8.54. The van der Waals surface area contributed by atoms with Gasteiger partial charge in [0.1, 0.15) is 0 Å². The second-order valence-electron chi connectivity index (χ2n) is 6.58. The first-order valence-electron chi connectivity index (χ1n) is 8.54. The average molecular weight is 337 g/mol. The molecule has 0 bridgehead atoms. The van der Waals surface area contributed by atoms with E-state index in [0.29, 0.717) is 6.04 Å². The number of hydrogen-bond acceptors (Lipinski definition) is 3. The smallest absolute Gasteiger partial charge is 0.330 e. The van der Waals surface area contributed by atoms with Gasteiger partial charge in [-0.3, -0.25) is 0 Å². The number of rotatable bonds is 7. The summed E-state index contributed by atoms with van der Waals surface area (Å²) in [6.45, 7) is 2.20. The zero-order valence-electron chi connectivity index (χ0n) is 15.5. The SMILES string of the molecule is COC(=O)C=CC(CC(C)N(C)C)(c1ccccc1)c1ccccc1. The van der Waals surface area contributed by atoms with Gasteiger partial charge < -0.3 is 9.64 Å². The standard InChI is InChI=1S/C22H27NO2/c1-18(23(2)3)17-22(16-15-21(24)25-4,19-11-7-5-8-12-19)20-13-9-6-10-14-20/h5-16,18H,17H2,1-4H3. The van der Waals surface area contributed by atoms with E-state index in [1.807, 2.05) is 42.5 Å². The highest BCUT2D eigenvalue weighted by molar-refractivity contribution is 5.82. The van der Waals surface area contributed by atoms with Gasteiger partial charge in [0, 0.05) is 17.5 Å². The maximum Gasteiger partial charge on any atom is 0.330 e. The van der Waals surface area contributed by atoms with Crippen LogP contribution in [0, 0.1) is 0 Å². The predicted octanol–water partition coefficient (Wildman–Crippen LogP) is 4.04. The van der Waals surface area contributed by atoms with Crippen molar-refractivity contribution in [1.29, 1.82) is 0 Å². The number of methoxy groups -OCH3 is 1. The molecule has 2 rings (SSSR count). The summed E-state index contributed by atoms with van der Waals surface area (Å²) in [6, 6.07) is 21.0. The third-order valence-electron chi connectivity index (χ3n) is 4.78. The Morgan fingerprint density at radius 3 is 1.92 bits per heavy atom. The number of allylic oxidation sites excluding steroid dienone is 1. The first-order chi connectivity index (χ1) is 12.0. The number of benzene rings is 2. The Labute approximate surface area is 150 Å². The van der Waals surface area contributed by atoms with E-state index in [1.165, 1.54) is 7.11 Å². The first kappa shape index (κ1) is 18.9. The van der Waals surface area contributed by atoms with Crippen LogP contribution in [0.3, 0.4) is 0 Å². The Kier molecular flexibility index (Phi) is 6.54. The van der Waals surface area contributed by atoms with E-state index in [9.17, 15) is 4.79 Å². The summed E-state index contributed by atoms with van der Waals surface area (Å²) in [5.74, 6) is -0.339. The molecule has 2 aromatic rings. The zero-order valence-corrected chi connectivity index (χ0v) is 15.5. The minimum Gasteiger partial charge on any atom is -0.466 e. The molecule has 0 aliphatic rings. The summed E-state index contributed by atoms with van der Waals surface area (Å²) in [4.78, 5) is 14.0. The van der Waals surface area contributed by atoms with Crippen LogP contribution in [0.1, 0.15) is 24.5 Å². The molecule has 25 heavy (non-hydrogen) atoms. The van der Waals surface area contributed by atoms with Crippen molar-refractivity contribution in [2.45, 2.75) is 24.8 Å². The van der Waals surface area contributed by atoms with E-state index >= 15 is 0 Å². The van der Waals surface area contributed by atoms with Crippen LogP contribution in [0.25, 0.3) is 0 Å². The normalized spacial score (nSPS) is 13.2. The van der Waals surface area contributed by atoms with Crippen LogP contribution in [0.2, 0.25) is 0 Å². The van der Waals surface area contributed by atoms with Crippen LogP contribution in [-0.4, -0.2) is 38.1 Å². The zero-order chi connectivity index (χ0) is 18.3. The van der Waals surface area contributed by atoms with E-state index in [0.717, 1.165) is 17.5 Å². The molecule has 0 spiro atoms. The van der Waals surface area contributed by atoms with Crippen LogP contribution < -0.4 is 0 Å². The lowest BCUT2D eigenvalue weighted by atomic mass is 9.70. The Morgan fingerprint density at radius 2 is 1.52 bits per heavy atom. The average Bonchev–Trinajstić information content (AvgIpc) is 2.66. The van der Waals surface area contributed by atoms with Gasteiger partial charge in [-0.1, -0.05) is 66.7 Å². The van der Waals surface area contributed by atoms with Gasteiger partial charge in [-0.25, -0.2) is 4.79 Å². The molecule has 0 heterocycles. The van der Waals surface area contributed by atoms with E-state index in [4.69, 9.17) is 4.74 Å². The van der Waals surface area contributed by atoms with Crippen molar-refractivity contribution in [3.8, 4) is 0 Å². The lowest BCUT2D eigenvalue weighted by Crippen LogP contribution is -2.36. The molecular weight excluding hydrogens is 310 g/mol. The largest absolute Gasteiger partial charge is 0.466 e. The summed E-state index contributed by atoms with van der Waals surface area (Å²) >= 11 is 0. The molecule has 3 nitrogen and oxygen atoms in total. The van der Waals surface area contributed by atoms with Crippen molar-refractivity contribution in [1.82, 2.24) is 4.90 Å². The molecule has 0 fully saturated rings. The van der Waals surface area contributed by atoms with Crippen molar-refractivity contribution in [2.24, 2.45) is 0 Å². The van der Waals surface area contributed by atoms with Gasteiger partial charge in [0.05, 0.1) is 7.11 Å². The molecule has 0 saturated heterocycles. The molecule has 0 saturated carbocycles. The quantitative estimate of drug-likeness (QED) is 0.564. The van der Waals surface area contributed by atoms with E-state index < -0.39 is 5.41 Å². The third kappa shape index (κ3) is 4.58. The molecule has 0 aromatic heterocycles. The Hall–Kier alpha value is -2.39. The molecule has 0 radical (unpaired) electrons. The summed E-state index contributed by atoms with van der Waals surface area (Å²) < 4.78 is 4.83. The molecule has 132 valence electrons. The van der Waals surface area contributed by atoms with Crippen molar-refractivity contribution in [3.63, 3.8) is 0 Å². The number of nitrogens with zero attached hydrogens (tertiary/aromatic N) is 1. The van der Waals surface area contributed by atoms with Gasteiger partial charge in [0.15, 0.2) is 0 Å². The third-order valence-corrected chi connectivity index (χ3v) is 4.78. The molecule has 1 unspecified atom stereocenters. The highest BCUT2D eigenvalue weighted by atomic mass is 16.5. The van der Waals surface area contributed by atoms with E-state index in [1.54, 1.807) is 6.08 Å². The molecule has 1 atom stereocenters. The minimum absolute atomic E-state index is 0.322. The van der Waals surface area contributed by atoms with Gasteiger partial charge in [0.2, 0.25) is 0 Å². The Balaban J connectivity index is 2.64. The molecular formula is C22H27NO2. The molecule has 2 aromatic carbocycles. The lowest BCUT2D eigenvalue weighted by molar-refractivity contribution is -0.134. The molecule has 0 aliphatic carbocycles. The van der Waals surface area contributed by atoms with Crippen LogP contribution in [0.4, 0.5) is 0 Å². The van der Waals surface area contributed by atoms with Crippen LogP contribution in [-0.2, 0) is 14.9 Å². The van der Waals surface area contributed by atoms with Gasteiger partial charge in [-0.05, 0) is 38.6 Å². The minimum atomic E-state index is -0.402. The number of carbonyl (C=O) groups is 1. The van der Waals surface area contributed by atoms with Crippen LogP contribution in [0.5, 0.6) is 0 Å². The number of carbonyl (C=O) groups excluding carboxylic acids is 1. The summed E-state index contributed by atoms with van der Waals surface area (Å²) in [7, 11) is 5.56. The maximum absolute atomic E-state index is 11.8. The topological polar surface area (TPSA) is 29.5 Å². The Morgan fingerprint density at radius 1 is 1.04 bits per heavy atom. The van der Waals surface area contributed by atoms with Gasteiger partial charge in [0.25, 0.3) is 0 Å². The highest BCUT2D eigenvalue weighted by Gasteiger charge is 2.34. The summed E-state index contributed by atoms with van der Waals surface area (Å²) in [5, 5.41) is 0. The van der Waals surface area contributed by atoms with Crippen molar-refractivity contribution in [2.75, 3.05) is 21.2 Å². The van der Waals surface area contributed by atoms with E-state index in [-0.39, 0.29) is 5.97 Å². The number of hydrogen-bond donors (Lipinski definition) is 0. The fraction of sp³-hybridized carbons (Fsp3) is 0.318. The van der Waals surface area contributed by atoms with Gasteiger partial charge in [-0.2, -0.15) is 0 Å². The molecule has 0 aliphatic heterocycles. The van der Waals surface area contributed by atoms with Crippen LogP contribution in [0.15, 0.2) is 72.8 Å².